The van der Waals surface area contributed by atoms with Crippen molar-refractivity contribution in [2.75, 3.05) is 26.3 Å². The van der Waals surface area contributed by atoms with E-state index < -0.39 is 23.2 Å². The van der Waals surface area contributed by atoms with Gasteiger partial charge >= 0.3 is 12.1 Å². The summed E-state index contributed by atoms with van der Waals surface area (Å²) in [5.41, 5.74) is -1.40. The number of carboxylic acid groups (broad SMARTS) is 1. The maximum Gasteiger partial charge on any atom is 0.416 e. The molecule has 1 aromatic rings. The molecule has 35 heavy (non-hydrogen) atoms. The number of hydrogen-bond donors (Lipinski definition) is 2. The second kappa shape index (κ2) is 8.96. The van der Waals surface area contributed by atoms with Crippen molar-refractivity contribution in [3.63, 3.8) is 0 Å². The quantitative estimate of drug-likeness (QED) is 0.627. The second-order valence-corrected chi connectivity index (χ2v) is 10.7. The highest BCUT2D eigenvalue weighted by Crippen LogP contribution is 2.58. The first-order valence-corrected chi connectivity index (χ1v) is 12.3. The fourth-order valence-corrected chi connectivity index (χ4v) is 6.45. The van der Waals surface area contributed by atoms with Crippen molar-refractivity contribution in [3.8, 4) is 5.75 Å². The zero-order valence-electron chi connectivity index (χ0n) is 19.5. The number of halogens is 3. The molecule has 4 aliphatic rings. The topological polar surface area (TPSA) is 88.1 Å². The van der Waals surface area contributed by atoms with E-state index in [4.69, 9.17) is 14.6 Å². The van der Waals surface area contributed by atoms with Crippen LogP contribution < -0.4 is 10.1 Å². The van der Waals surface area contributed by atoms with Gasteiger partial charge in [-0.05, 0) is 68.6 Å². The Kier molecular flexibility index (Phi) is 6.24. The molecule has 0 aromatic heterocycles. The maximum absolute atomic E-state index is 13.6. The number of carboxylic acids is 1. The van der Waals surface area contributed by atoms with Crippen molar-refractivity contribution in [2.24, 2.45) is 11.3 Å². The van der Waals surface area contributed by atoms with Gasteiger partial charge in [0.15, 0.2) is 0 Å². The molecule has 10 heteroatoms. The molecule has 2 saturated heterocycles. The number of carbonyl (C=O) groups excluding carboxylic acids is 1. The number of hydrogen-bond acceptors (Lipinski definition) is 5. The molecular formula is C25H31F3N2O5. The molecule has 5 rings (SSSR count). The Balaban J connectivity index is 1.20. The average molecular weight is 497 g/mol. The molecule has 2 N–H and O–H groups in total. The van der Waals surface area contributed by atoms with E-state index >= 15 is 0 Å². The van der Waals surface area contributed by atoms with Crippen LogP contribution in [-0.2, 0) is 20.5 Å². The summed E-state index contributed by atoms with van der Waals surface area (Å²) in [5, 5.41) is 12.3. The van der Waals surface area contributed by atoms with Crippen molar-refractivity contribution in [1.29, 1.82) is 0 Å². The third-order valence-corrected chi connectivity index (χ3v) is 8.36. The van der Waals surface area contributed by atoms with E-state index in [-0.39, 0.29) is 35.1 Å². The largest absolute Gasteiger partial charge is 0.489 e. The standard InChI is InChI=1S/C25H31F3N2O5/c26-25(27,28)17-2-1-3-19(10-17)35-20-4-7-30(15-20)24(5-8-34-9-6-24)22(33)29-18-13-23(14-18)11-16(12-23)21(31)32/h1-3,10,16,18,20H,4-9,11-15H2,(H,29,33)(H,31,32). The molecule has 4 fully saturated rings. The number of rotatable bonds is 6. The molecule has 1 amide bonds. The lowest BCUT2D eigenvalue weighted by Crippen LogP contribution is -2.65. The molecule has 2 saturated carbocycles. The second-order valence-electron chi connectivity index (χ2n) is 10.7. The molecule has 2 heterocycles. The van der Waals surface area contributed by atoms with Gasteiger partial charge in [-0.1, -0.05) is 6.07 Å². The predicted octanol–water partition coefficient (Wildman–Crippen LogP) is 3.47. The Hall–Kier alpha value is -2.33. The van der Waals surface area contributed by atoms with Crippen LogP contribution in [0.1, 0.15) is 50.5 Å². The summed E-state index contributed by atoms with van der Waals surface area (Å²) in [6, 6.07) is 4.95. The minimum absolute atomic E-state index is 0.0329. The van der Waals surface area contributed by atoms with Gasteiger partial charge in [-0.15, -0.1) is 0 Å². The number of amides is 1. The molecule has 1 unspecified atom stereocenters. The predicted molar refractivity (Wildman–Crippen MR) is 119 cm³/mol. The minimum Gasteiger partial charge on any atom is -0.489 e. The van der Waals surface area contributed by atoms with Crippen molar-refractivity contribution >= 4 is 11.9 Å². The van der Waals surface area contributed by atoms with Gasteiger partial charge in [-0.3, -0.25) is 14.5 Å². The SMILES string of the molecule is O=C(O)C1CC2(CC(NC(=O)C3(N4CCC(Oc5cccc(C(F)(F)F)c5)C4)CCOCC3)C2)C1. The van der Waals surface area contributed by atoms with Gasteiger partial charge in [0.1, 0.15) is 17.4 Å². The van der Waals surface area contributed by atoms with Gasteiger partial charge in [-0.25, -0.2) is 0 Å². The van der Waals surface area contributed by atoms with Gasteiger partial charge < -0.3 is 19.9 Å². The molecular weight excluding hydrogens is 465 g/mol. The van der Waals surface area contributed by atoms with Gasteiger partial charge in [0.2, 0.25) is 5.91 Å². The third-order valence-electron chi connectivity index (χ3n) is 8.36. The average Bonchev–Trinajstić information content (AvgIpc) is 3.23. The first-order chi connectivity index (χ1) is 16.6. The lowest BCUT2D eigenvalue weighted by molar-refractivity contribution is -0.158. The zero-order valence-corrected chi connectivity index (χ0v) is 19.5. The van der Waals surface area contributed by atoms with Crippen LogP contribution in [0.4, 0.5) is 13.2 Å². The highest BCUT2D eigenvalue weighted by atomic mass is 19.4. The lowest BCUT2D eigenvalue weighted by atomic mass is 9.50. The van der Waals surface area contributed by atoms with E-state index in [0.717, 1.165) is 25.0 Å². The van der Waals surface area contributed by atoms with Gasteiger partial charge in [0, 0.05) is 32.3 Å². The van der Waals surface area contributed by atoms with Gasteiger partial charge in [0.05, 0.1) is 11.5 Å². The molecule has 2 aliphatic heterocycles. The van der Waals surface area contributed by atoms with E-state index in [2.05, 4.69) is 10.2 Å². The third kappa shape index (κ3) is 4.74. The fraction of sp³-hybridized carbons (Fsp3) is 0.680. The number of nitrogens with one attached hydrogen (secondary N) is 1. The molecule has 7 nitrogen and oxygen atoms in total. The number of likely N-dealkylation sites (tertiary alicyclic amines) is 1. The monoisotopic (exact) mass is 496 g/mol. The van der Waals surface area contributed by atoms with Crippen LogP contribution in [0.5, 0.6) is 5.75 Å². The fourth-order valence-electron chi connectivity index (χ4n) is 6.45. The molecule has 1 aromatic carbocycles. The smallest absolute Gasteiger partial charge is 0.416 e. The number of ether oxygens (including phenoxy) is 2. The Morgan fingerprint density at radius 3 is 2.51 bits per heavy atom. The van der Waals surface area contributed by atoms with Gasteiger partial charge in [-0.2, -0.15) is 13.2 Å². The lowest BCUT2D eigenvalue weighted by Gasteiger charge is -2.57. The molecule has 0 radical (unpaired) electrons. The first-order valence-electron chi connectivity index (χ1n) is 12.3. The number of aliphatic carboxylic acids is 1. The van der Waals surface area contributed by atoms with Crippen LogP contribution >= 0.6 is 0 Å². The maximum atomic E-state index is 13.6. The summed E-state index contributed by atoms with van der Waals surface area (Å²) < 4.78 is 50.6. The Morgan fingerprint density at radius 2 is 1.86 bits per heavy atom. The van der Waals surface area contributed by atoms with Crippen LogP contribution in [0, 0.1) is 11.3 Å². The number of benzene rings is 1. The van der Waals surface area contributed by atoms with E-state index in [9.17, 15) is 22.8 Å². The Morgan fingerprint density at radius 1 is 1.14 bits per heavy atom. The van der Waals surface area contributed by atoms with E-state index in [0.29, 0.717) is 58.4 Å². The summed E-state index contributed by atoms with van der Waals surface area (Å²) in [6.07, 6.45) is -0.00678. The van der Waals surface area contributed by atoms with Gasteiger partial charge in [0.25, 0.3) is 0 Å². The van der Waals surface area contributed by atoms with Crippen molar-refractivity contribution < 1.29 is 37.3 Å². The zero-order chi connectivity index (χ0) is 24.8. The molecule has 1 spiro atoms. The summed E-state index contributed by atoms with van der Waals surface area (Å²) in [5.74, 6) is -0.849. The van der Waals surface area contributed by atoms with E-state index in [1.807, 2.05) is 0 Å². The van der Waals surface area contributed by atoms with Crippen molar-refractivity contribution in [1.82, 2.24) is 10.2 Å². The van der Waals surface area contributed by atoms with Crippen LogP contribution in [0.25, 0.3) is 0 Å². The van der Waals surface area contributed by atoms with Crippen molar-refractivity contribution in [2.45, 2.75) is 68.8 Å². The molecule has 2 aliphatic carbocycles. The van der Waals surface area contributed by atoms with E-state index in [1.54, 1.807) is 0 Å². The summed E-state index contributed by atoms with van der Waals surface area (Å²) in [7, 11) is 0. The number of carbonyl (C=O) groups is 2. The summed E-state index contributed by atoms with van der Waals surface area (Å²) in [6.45, 7) is 2.01. The number of alkyl halides is 3. The molecule has 0 bridgehead atoms. The Labute approximate surface area is 201 Å². The highest BCUT2D eigenvalue weighted by Gasteiger charge is 2.56. The highest BCUT2D eigenvalue weighted by molar-refractivity contribution is 5.87. The minimum atomic E-state index is -4.43. The summed E-state index contributed by atoms with van der Waals surface area (Å²) >= 11 is 0. The molecule has 1 atom stereocenters. The normalized spacial score (nSPS) is 32.5. The van der Waals surface area contributed by atoms with Crippen LogP contribution in [0.3, 0.4) is 0 Å². The Bertz CT molecular complexity index is 964. The summed E-state index contributed by atoms with van der Waals surface area (Å²) in [4.78, 5) is 26.8. The van der Waals surface area contributed by atoms with Crippen LogP contribution in [0.15, 0.2) is 24.3 Å². The van der Waals surface area contributed by atoms with Crippen LogP contribution in [0.2, 0.25) is 0 Å². The van der Waals surface area contributed by atoms with Crippen molar-refractivity contribution in [3.05, 3.63) is 29.8 Å². The van der Waals surface area contributed by atoms with E-state index in [1.165, 1.54) is 12.1 Å². The van der Waals surface area contributed by atoms with Crippen LogP contribution in [-0.4, -0.2) is 65.9 Å². The first kappa shape index (κ1) is 24.4. The molecule has 192 valence electrons. The number of nitrogens with zero attached hydrogens (tertiary/aromatic N) is 1.